The minimum absolute atomic E-state index is 0.0550. The van der Waals surface area contributed by atoms with Crippen LogP contribution < -0.4 is 5.32 Å². The van der Waals surface area contributed by atoms with Crippen LogP contribution in [-0.4, -0.2) is 43.3 Å². The summed E-state index contributed by atoms with van der Waals surface area (Å²) in [6.45, 7) is 1.95. The molecule has 3 atom stereocenters. The van der Waals surface area contributed by atoms with Crippen LogP contribution in [-0.2, 0) is 0 Å². The van der Waals surface area contributed by atoms with Crippen molar-refractivity contribution in [2.75, 3.05) is 20.1 Å². The van der Waals surface area contributed by atoms with Gasteiger partial charge in [0, 0.05) is 18.6 Å². The molecule has 0 amide bonds. The molecule has 0 aromatic carbocycles. The first-order valence-corrected chi connectivity index (χ1v) is 6.97. The second-order valence-corrected chi connectivity index (χ2v) is 5.79. The Balaban J connectivity index is 1.76. The number of likely N-dealkylation sites (N-methyl/N-ethyl adjacent to an activating group) is 1. The summed E-state index contributed by atoms with van der Waals surface area (Å²) >= 11 is 0. The van der Waals surface area contributed by atoms with Crippen LogP contribution in [0.3, 0.4) is 0 Å². The highest BCUT2D eigenvalue weighted by Crippen LogP contribution is 2.37. The molecule has 18 heavy (non-hydrogen) atoms. The Kier molecular flexibility index (Phi) is 4.54. The van der Waals surface area contributed by atoms with Gasteiger partial charge in [-0.1, -0.05) is 6.42 Å². The summed E-state index contributed by atoms with van der Waals surface area (Å²) in [5, 5.41) is 3.35. The fourth-order valence-electron chi connectivity index (χ4n) is 3.21. The van der Waals surface area contributed by atoms with Crippen LogP contribution in [0.2, 0.25) is 0 Å². The third kappa shape index (κ3) is 3.60. The van der Waals surface area contributed by atoms with Gasteiger partial charge < -0.3 is 10.2 Å². The van der Waals surface area contributed by atoms with E-state index in [2.05, 4.69) is 17.3 Å². The molecule has 1 heterocycles. The van der Waals surface area contributed by atoms with Crippen molar-refractivity contribution in [2.24, 2.45) is 5.92 Å². The molecule has 2 fully saturated rings. The Bertz CT molecular complexity index is 267. The van der Waals surface area contributed by atoms with E-state index in [0.717, 1.165) is 19.5 Å². The molecule has 2 aliphatic rings. The van der Waals surface area contributed by atoms with Gasteiger partial charge in [-0.3, -0.25) is 0 Å². The molecule has 2 nitrogen and oxygen atoms in total. The normalized spacial score (nSPS) is 35.0. The number of nitrogens with one attached hydrogen (secondary N) is 1. The first-order valence-electron chi connectivity index (χ1n) is 6.97. The quantitative estimate of drug-likeness (QED) is 0.843. The van der Waals surface area contributed by atoms with E-state index in [-0.39, 0.29) is 12.5 Å². The fraction of sp³-hybridized carbons (Fsp3) is 1.00. The Morgan fingerprint density at radius 3 is 2.56 bits per heavy atom. The second kappa shape index (κ2) is 5.78. The Morgan fingerprint density at radius 1 is 1.17 bits per heavy atom. The molecule has 0 spiro atoms. The van der Waals surface area contributed by atoms with Crippen molar-refractivity contribution in [3.05, 3.63) is 0 Å². The van der Waals surface area contributed by atoms with Crippen LogP contribution in [0.15, 0.2) is 0 Å². The third-order valence-corrected chi connectivity index (χ3v) is 4.45. The summed E-state index contributed by atoms with van der Waals surface area (Å²) in [6, 6.07) is 0.565. The molecule has 0 bridgehead atoms. The van der Waals surface area contributed by atoms with Crippen molar-refractivity contribution in [2.45, 2.75) is 56.8 Å². The van der Waals surface area contributed by atoms with E-state index in [1.165, 1.54) is 12.8 Å². The zero-order valence-corrected chi connectivity index (χ0v) is 11.0. The molecule has 1 saturated carbocycles. The summed E-state index contributed by atoms with van der Waals surface area (Å²) in [5.41, 5.74) is 0. The lowest BCUT2D eigenvalue weighted by atomic mass is 9.85. The average molecular weight is 264 g/mol. The largest absolute Gasteiger partial charge is 0.391 e. The van der Waals surface area contributed by atoms with E-state index in [1.807, 2.05) is 0 Å². The maximum absolute atomic E-state index is 12.7. The Morgan fingerprint density at radius 2 is 1.94 bits per heavy atom. The predicted molar refractivity (Wildman–Crippen MR) is 65.5 cm³/mol. The maximum Gasteiger partial charge on any atom is 0.391 e. The van der Waals surface area contributed by atoms with Crippen molar-refractivity contribution in [3.8, 4) is 0 Å². The van der Waals surface area contributed by atoms with E-state index >= 15 is 0 Å². The van der Waals surface area contributed by atoms with Crippen molar-refractivity contribution in [1.29, 1.82) is 0 Å². The second-order valence-electron chi connectivity index (χ2n) is 5.79. The first kappa shape index (κ1) is 14.1. The van der Waals surface area contributed by atoms with Crippen LogP contribution in [0.5, 0.6) is 0 Å². The third-order valence-electron chi connectivity index (χ3n) is 4.45. The topological polar surface area (TPSA) is 15.3 Å². The highest BCUT2D eigenvalue weighted by Gasteiger charge is 2.42. The van der Waals surface area contributed by atoms with Crippen LogP contribution in [0.25, 0.3) is 0 Å². The SMILES string of the molecule is CN1CCCC1CNC1CCCC(C(F)(F)F)C1. The van der Waals surface area contributed by atoms with Gasteiger partial charge >= 0.3 is 6.18 Å². The fourth-order valence-corrected chi connectivity index (χ4v) is 3.21. The molecule has 5 heteroatoms. The number of rotatable bonds is 3. The van der Waals surface area contributed by atoms with Crippen LogP contribution in [0.1, 0.15) is 38.5 Å². The zero-order chi connectivity index (χ0) is 13.2. The van der Waals surface area contributed by atoms with Gasteiger partial charge in [0.05, 0.1) is 5.92 Å². The summed E-state index contributed by atoms with van der Waals surface area (Å²) in [5.74, 6) is -1.09. The van der Waals surface area contributed by atoms with Gasteiger partial charge in [-0.15, -0.1) is 0 Å². The zero-order valence-electron chi connectivity index (χ0n) is 11.0. The molecule has 2 rings (SSSR count). The Labute approximate surface area is 107 Å². The maximum atomic E-state index is 12.7. The molecule has 0 aromatic heterocycles. The number of hydrogen-bond acceptors (Lipinski definition) is 2. The monoisotopic (exact) mass is 264 g/mol. The van der Waals surface area contributed by atoms with Crippen LogP contribution in [0, 0.1) is 5.92 Å². The lowest BCUT2D eigenvalue weighted by molar-refractivity contribution is -0.183. The summed E-state index contributed by atoms with van der Waals surface area (Å²) in [7, 11) is 2.10. The van der Waals surface area contributed by atoms with Gasteiger partial charge in [-0.2, -0.15) is 13.2 Å². The van der Waals surface area contributed by atoms with Crippen LogP contribution >= 0.6 is 0 Å². The predicted octanol–water partition coefficient (Wildman–Crippen LogP) is 2.79. The van der Waals surface area contributed by atoms with Crippen molar-refractivity contribution < 1.29 is 13.2 Å². The molecule has 3 unspecified atom stereocenters. The van der Waals surface area contributed by atoms with Gasteiger partial charge in [0.2, 0.25) is 0 Å². The molecule has 1 aliphatic carbocycles. The lowest BCUT2D eigenvalue weighted by Crippen LogP contribution is -2.44. The lowest BCUT2D eigenvalue weighted by Gasteiger charge is -2.32. The van der Waals surface area contributed by atoms with Crippen molar-refractivity contribution in [3.63, 3.8) is 0 Å². The van der Waals surface area contributed by atoms with Gasteiger partial charge in [0.1, 0.15) is 0 Å². The van der Waals surface area contributed by atoms with E-state index in [1.54, 1.807) is 0 Å². The molecular weight excluding hydrogens is 241 g/mol. The number of alkyl halides is 3. The summed E-state index contributed by atoms with van der Waals surface area (Å²) in [6.07, 6.45) is 0.526. The summed E-state index contributed by atoms with van der Waals surface area (Å²) < 4.78 is 38.0. The van der Waals surface area contributed by atoms with Crippen LogP contribution in [0.4, 0.5) is 13.2 Å². The first-order chi connectivity index (χ1) is 8.47. The number of hydrogen-bond donors (Lipinski definition) is 1. The van der Waals surface area contributed by atoms with E-state index in [9.17, 15) is 13.2 Å². The summed E-state index contributed by atoms with van der Waals surface area (Å²) in [4.78, 5) is 2.30. The minimum atomic E-state index is -4.01. The molecule has 1 aliphatic heterocycles. The number of nitrogens with zero attached hydrogens (tertiary/aromatic N) is 1. The molecule has 1 saturated heterocycles. The van der Waals surface area contributed by atoms with Gasteiger partial charge in [0.25, 0.3) is 0 Å². The van der Waals surface area contributed by atoms with Crippen molar-refractivity contribution in [1.82, 2.24) is 10.2 Å². The molecule has 0 aromatic rings. The standard InChI is InChI=1S/C13H23F3N2/c1-18-7-3-6-12(18)9-17-11-5-2-4-10(8-11)13(14,15)16/h10-12,17H,2-9H2,1H3. The number of likely N-dealkylation sites (tertiary alicyclic amines) is 1. The van der Waals surface area contributed by atoms with E-state index in [0.29, 0.717) is 18.9 Å². The van der Waals surface area contributed by atoms with E-state index in [4.69, 9.17) is 0 Å². The van der Waals surface area contributed by atoms with Gasteiger partial charge in [0.15, 0.2) is 0 Å². The van der Waals surface area contributed by atoms with Gasteiger partial charge in [-0.25, -0.2) is 0 Å². The highest BCUT2D eigenvalue weighted by atomic mass is 19.4. The van der Waals surface area contributed by atoms with Gasteiger partial charge in [-0.05, 0) is 45.7 Å². The molecular formula is C13H23F3N2. The molecule has 106 valence electrons. The minimum Gasteiger partial charge on any atom is -0.312 e. The van der Waals surface area contributed by atoms with E-state index < -0.39 is 12.1 Å². The smallest absolute Gasteiger partial charge is 0.312 e. The molecule has 1 N–H and O–H groups in total. The molecule has 0 radical (unpaired) electrons. The average Bonchev–Trinajstić information content (AvgIpc) is 2.72. The highest BCUT2D eigenvalue weighted by molar-refractivity contribution is 4.85. The van der Waals surface area contributed by atoms with Crippen molar-refractivity contribution >= 4 is 0 Å². The Hall–Kier alpha value is -0.290. The number of halogens is 3.